The summed E-state index contributed by atoms with van der Waals surface area (Å²) in [6.45, 7) is 0. The van der Waals surface area contributed by atoms with Crippen molar-refractivity contribution in [2.45, 2.75) is 0 Å². The average Bonchev–Trinajstić information content (AvgIpc) is 2.80. The van der Waals surface area contributed by atoms with Crippen LogP contribution in [0.5, 0.6) is 0 Å². The summed E-state index contributed by atoms with van der Waals surface area (Å²) in [5, 5.41) is 28.5. The van der Waals surface area contributed by atoms with Crippen LogP contribution in [-0.4, -0.2) is 15.6 Å². The van der Waals surface area contributed by atoms with Crippen molar-refractivity contribution in [2.75, 3.05) is 5.43 Å². The first-order valence-electron chi connectivity index (χ1n) is 9.45. The number of hydrazone groups is 1. The van der Waals surface area contributed by atoms with Crippen LogP contribution in [0.4, 0.5) is 21.5 Å². The number of non-ortho nitro benzene ring substituents is 1. The van der Waals surface area contributed by atoms with Crippen LogP contribution in [0.15, 0.2) is 90.0 Å². The van der Waals surface area contributed by atoms with E-state index in [9.17, 15) is 24.6 Å². The van der Waals surface area contributed by atoms with Gasteiger partial charge in [0.15, 0.2) is 0 Å². The van der Waals surface area contributed by atoms with E-state index in [0.29, 0.717) is 5.56 Å². The second-order valence-corrected chi connectivity index (χ2v) is 6.79. The van der Waals surface area contributed by atoms with E-state index >= 15 is 0 Å². The predicted octanol–water partition coefficient (Wildman–Crippen LogP) is 5.66. The Morgan fingerprint density at radius 1 is 0.812 bits per heavy atom. The predicted molar refractivity (Wildman–Crippen MR) is 119 cm³/mol. The number of hydrogen-bond donors (Lipinski definition) is 1. The molecule has 0 aliphatic carbocycles. The summed E-state index contributed by atoms with van der Waals surface area (Å²) in [5.74, 6) is -0.515. The van der Waals surface area contributed by atoms with Crippen LogP contribution in [0, 0.1) is 26.0 Å². The number of benzene rings is 4. The Labute approximate surface area is 180 Å². The summed E-state index contributed by atoms with van der Waals surface area (Å²) >= 11 is 0. The molecule has 158 valence electrons. The lowest BCUT2D eigenvalue weighted by Gasteiger charge is -2.12. The van der Waals surface area contributed by atoms with E-state index < -0.39 is 27.0 Å². The number of rotatable bonds is 6. The first kappa shape index (κ1) is 20.6. The maximum atomic E-state index is 14.7. The number of nitrogens with zero attached hydrogens (tertiary/aromatic N) is 3. The molecule has 0 saturated heterocycles. The molecule has 0 unspecified atom stereocenters. The Kier molecular flexibility index (Phi) is 5.54. The van der Waals surface area contributed by atoms with Crippen molar-refractivity contribution in [1.82, 2.24) is 0 Å². The van der Waals surface area contributed by atoms with E-state index in [1.807, 2.05) is 36.4 Å². The first-order valence-corrected chi connectivity index (χ1v) is 9.45. The van der Waals surface area contributed by atoms with Gasteiger partial charge in [-0.2, -0.15) is 5.10 Å². The van der Waals surface area contributed by atoms with Crippen molar-refractivity contribution >= 4 is 33.5 Å². The lowest BCUT2D eigenvalue weighted by atomic mass is 9.96. The van der Waals surface area contributed by atoms with Crippen molar-refractivity contribution in [2.24, 2.45) is 5.10 Å². The highest BCUT2D eigenvalue weighted by Crippen LogP contribution is 2.30. The summed E-state index contributed by atoms with van der Waals surface area (Å²) in [7, 11) is 0. The summed E-state index contributed by atoms with van der Waals surface area (Å²) in [6, 6.07) is 22.2. The molecule has 0 aromatic heterocycles. The third-order valence-electron chi connectivity index (χ3n) is 4.85. The quantitative estimate of drug-likeness (QED) is 0.241. The van der Waals surface area contributed by atoms with Gasteiger partial charge in [-0.15, -0.1) is 0 Å². The van der Waals surface area contributed by atoms with Gasteiger partial charge in [-0.3, -0.25) is 25.7 Å². The zero-order valence-electron chi connectivity index (χ0n) is 16.4. The Morgan fingerprint density at radius 2 is 1.50 bits per heavy atom. The van der Waals surface area contributed by atoms with Gasteiger partial charge in [-0.05, 0) is 29.0 Å². The van der Waals surface area contributed by atoms with Crippen LogP contribution in [0.25, 0.3) is 10.8 Å². The third-order valence-corrected chi connectivity index (χ3v) is 4.85. The Balaban J connectivity index is 1.88. The largest absolute Gasteiger partial charge is 0.301 e. The maximum absolute atomic E-state index is 14.7. The lowest BCUT2D eigenvalue weighted by molar-refractivity contribution is -0.393. The number of hydrogen-bond acceptors (Lipinski definition) is 6. The molecule has 0 bridgehead atoms. The molecule has 0 amide bonds. The minimum atomic E-state index is -0.745. The van der Waals surface area contributed by atoms with Gasteiger partial charge >= 0.3 is 5.69 Å². The molecule has 1 N–H and O–H groups in total. The van der Waals surface area contributed by atoms with E-state index in [1.165, 1.54) is 12.1 Å². The standard InChI is InChI=1S/C23H15FN4O4/c24-20-11-4-3-9-19(20)23(18-10-5-7-15-6-1-2-8-17(15)18)26-25-21-13-12-16(27(29)30)14-22(21)28(31)32/h1-14,25H. The summed E-state index contributed by atoms with van der Waals surface area (Å²) in [6.07, 6.45) is 0. The second kappa shape index (κ2) is 8.60. The Morgan fingerprint density at radius 3 is 2.25 bits per heavy atom. The van der Waals surface area contributed by atoms with Crippen molar-refractivity contribution in [3.8, 4) is 0 Å². The topological polar surface area (TPSA) is 111 Å². The Bertz CT molecular complexity index is 1380. The third kappa shape index (κ3) is 3.99. The molecule has 0 aliphatic heterocycles. The molecule has 0 saturated carbocycles. The molecule has 4 aromatic carbocycles. The second-order valence-electron chi connectivity index (χ2n) is 6.79. The monoisotopic (exact) mass is 430 g/mol. The molecular formula is C23H15FN4O4. The van der Waals surface area contributed by atoms with Gasteiger partial charge in [0.2, 0.25) is 0 Å². The highest BCUT2D eigenvalue weighted by atomic mass is 19.1. The number of halogens is 1. The van der Waals surface area contributed by atoms with Crippen LogP contribution in [0.1, 0.15) is 11.1 Å². The van der Waals surface area contributed by atoms with Gasteiger partial charge in [0, 0.05) is 17.2 Å². The van der Waals surface area contributed by atoms with Gasteiger partial charge in [0.25, 0.3) is 5.69 Å². The van der Waals surface area contributed by atoms with E-state index in [1.54, 1.807) is 24.3 Å². The number of nitro benzene ring substituents is 2. The highest BCUT2D eigenvalue weighted by molar-refractivity contribution is 6.19. The van der Waals surface area contributed by atoms with Gasteiger partial charge in [0.1, 0.15) is 17.2 Å². The van der Waals surface area contributed by atoms with Crippen molar-refractivity contribution in [3.63, 3.8) is 0 Å². The van der Waals surface area contributed by atoms with E-state index in [2.05, 4.69) is 10.5 Å². The molecule has 0 spiro atoms. The fourth-order valence-corrected chi connectivity index (χ4v) is 3.35. The normalized spacial score (nSPS) is 11.3. The van der Waals surface area contributed by atoms with E-state index in [-0.39, 0.29) is 17.0 Å². The molecule has 0 aliphatic rings. The van der Waals surface area contributed by atoms with Crippen molar-refractivity contribution in [1.29, 1.82) is 0 Å². The molecule has 32 heavy (non-hydrogen) atoms. The molecular weight excluding hydrogens is 415 g/mol. The smallest absolute Gasteiger partial charge is 0.271 e. The number of anilines is 1. The van der Waals surface area contributed by atoms with Crippen LogP contribution < -0.4 is 5.43 Å². The van der Waals surface area contributed by atoms with Gasteiger partial charge in [-0.1, -0.05) is 54.6 Å². The van der Waals surface area contributed by atoms with Crippen LogP contribution in [0.3, 0.4) is 0 Å². The number of nitro groups is 2. The van der Waals surface area contributed by atoms with Crippen molar-refractivity contribution in [3.05, 3.63) is 122 Å². The van der Waals surface area contributed by atoms with Gasteiger partial charge in [0.05, 0.1) is 15.9 Å². The molecule has 0 heterocycles. The zero-order chi connectivity index (χ0) is 22.7. The molecule has 0 radical (unpaired) electrons. The minimum absolute atomic E-state index is 0.0605. The fourth-order valence-electron chi connectivity index (χ4n) is 3.35. The molecule has 9 heteroatoms. The number of nitrogens with one attached hydrogen (secondary N) is 1. The lowest BCUT2D eigenvalue weighted by Crippen LogP contribution is -2.10. The molecule has 0 fully saturated rings. The van der Waals surface area contributed by atoms with Crippen LogP contribution >= 0.6 is 0 Å². The summed E-state index contributed by atoms with van der Waals surface area (Å²) < 4.78 is 14.7. The SMILES string of the molecule is O=[N+]([O-])c1ccc(NN=C(c2ccccc2F)c2cccc3ccccc23)c([N+](=O)[O-])c1. The highest BCUT2D eigenvalue weighted by Gasteiger charge is 2.20. The summed E-state index contributed by atoms with van der Waals surface area (Å²) in [4.78, 5) is 21.0. The molecule has 4 rings (SSSR count). The van der Waals surface area contributed by atoms with E-state index in [0.717, 1.165) is 22.9 Å². The van der Waals surface area contributed by atoms with E-state index in [4.69, 9.17) is 0 Å². The van der Waals surface area contributed by atoms with Gasteiger partial charge < -0.3 is 0 Å². The minimum Gasteiger partial charge on any atom is -0.271 e. The van der Waals surface area contributed by atoms with Crippen molar-refractivity contribution < 1.29 is 14.2 Å². The fraction of sp³-hybridized carbons (Fsp3) is 0. The van der Waals surface area contributed by atoms with Gasteiger partial charge in [-0.25, -0.2) is 4.39 Å². The molecule has 8 nitrogen and oxygen atoms in total. The van der Waals surface area contributed by atoms with Crippen LogP contribution in [0.2, 0.25) is 0 Å². The number of fused-ring (bicyclic) bond motifs is 1. The first-order chi connectivity index (χ1) is 15.5. The molecule has 0 atom stereocenters. The summed E-state index contributed by atoms with van der Waals surface area (Å²) in [5.41, 5.74) is 2.65. The maximum Gasteiger partial charge on any atom is 0.301 e. The zero-order valence-corrected chi connectivity index (χ0v) is 16.4. The van der Waals surface area contributed by atoms with Crippen LogP contribution in [-0.2, 0) is 0 Å². The Hall–Kier alpha value is -4.66. The average molecular weight is 430 g/mol. The molecule has 4 aromatic rings.